The van der Waals surface area contributed by atoms with Crippen molar-refractivity contribution in [3.05, 3.63) is 71.2 Å². The van der Waals surface area contributed by atoms with E-state index in [2.05, 4.69) is 20.9 Å². The molecule has 3 N–H and O–H groups in total. The highest BCUT2D eigenvalue weighted by molar-refractivity contribution is 7.21. The number of para-hydroxylation sites is 1. The normalized spacial score (nSPS) is 19.8. The summed E-state index contributed by atoms with van der Waals surface area (Å²) in [5, 5.41) is 10.1. The van der Waals surface area contributed by atoms with Gasteiger partial charge in [-0.25, -0.2) is 9.78 Å². The Morgan fingerprint density at radius 1 is 1.05 bits per heavy atom. The maximum atomic E-state index is 13.6. The number of piperidine rings is 1. The molecule has 0 radical (unpaired) electrons. The van der Waals surface area contributed by atoms with Crippen LogP contribution in [-0.4, -0.2) is 59.4 Å². The van der Waals surface area contributed by atoms with E-state index in [9.17, 15) is 14.4 Å². The van der Waals surface area contributed by atoms with Crippen LogP contribution in [0.15, 0.2) is 60.8 Å². The van der Waals surface area contributed by atoms with E-state index in [-0.39, 0.29) is 29.9 Å². The van der Waals surface area contributed by atoms with Gasteiger partial charge in [-0.05, 0) is 81.1 Å². The lowest BCUT2D eigenvalue weighted by Gasteiger charge is -2.34. The monoisotopic (exact) mass is 596 g/mol. The fraction of sp³-hybridized carbons (Fsp3) is 0.312. The molecule has 43 heavy (non-hydrogen) atoms. The first-order valence-corrected chi connectivity index (χ1v) is 15.5. The van der Waals surface area contributed by atoms with Crippen LogP contribution in [-0.2, 0) is 4.79 Å². The minimum Gasteiger partial charge on any atom is -0.457 e. The van der Waals surface area contributed by atoms with E-state index >= 15 is 0 Å². The van der Waals surface area contributed by atoms with Gasteiger partial charge in [-0.1, -0.05) is 18.2 Å². The summed E-state index contributed by atoms with van der Waals surface area (Å²) in [6.45, 7) is 3.99. The molecule has 220 valence electrons. The van der Waals surface area contributed by atoms with E-state index in [1.165, 1.54) is 11.3 Å². The van der Waals surface area contributed by atoms with Crippen LogP contribution in [0.5, 0.6) is 11.5 Å². The lowest BCUT2D eigenvalue weighted by molar-refractivity contribution is -0.134. The molecule has 5 heterocycles. The number of ether oxygens (including phenoxy) is 1. The number of aryl methyl sites for hydroxylation is 1. The predicted octanol–water partition coefficient (Wildman–Crippen LogP) is 5.55. The Balaban J connectivity index is 1.13. The second-order valence-electron chi connectivity index (χ2n) is 11.2. The van der Waals surface area contributed by atoms with Gasteiger partial charge < -0.3 is 25.6 Å². The number of aromatic nitrogens is 1. The highest BCUT2D eigenvalue weighted by Crippen LogP contribution is 2.46. The van der Waals surface area contributed by atoms with Crippen molar-refractivity contribution in [2.24, 2.45) is 0 Å². The second-order valence-corrected chi connectivity index (χ2v) is 12.2. The van der Waals surface area contributed by atoms with Gasteiger partial charge in [0.15, 0.2) is 0 Å². The minimum atomic E-state index is -0.356. The molecule has 2 aromatic heterocycles. The molecule has 2 aromatic carbocycles. The molecule has 0 aliphatic carbocycles. The topological polar surface area (TPSA) is 116 Å². The molecule has 10 nitrogen and oxygen atoms in total. The van der Waals surface area contributed by atoms with E-state index in [0.29, 0.717) is 45.6 Å². The molecule has 2 saturated heterocycles. The van der Waals surface area contributed by atoms with E-state index in [1.54, 1.807) is 17.2 Å². The average Bonchev–Trinajstić information content (AvgIpc) is 3.68. The lowest BCUT2D eigenvalue weighted by Crippen LogP contribution is -2.53. The van der Waals surface area contributed by atoms with Crippen LogP contribution in [0.2, 0.25) is 0 Å². The van der Waals surface area contributed by atoms with E-state index in [1.807, 2.05) is 60.4 Å². The molecular formula is C32H32N6O4S. The number of likely N-dealkylation sites (tertiary alicyclic amines) is 1. The quantitative estimate of drug-likeness (QED) is 0.269. The number of thiophene rings is 1. The number of amides is 4. The van der Waals surface area contributed by atoms with Gasteiger partial charge in [-0.2, -0.15) is 0 Å². The number of urea groups is 1. The maximum absolute atomic E-state index is 13.6. The van der Waals surface area contributed by atoms with Crippen molar-refractivity contribution in [2.45, 2.75) is 44.7 Å². The number of benzene rings is 2. The molecule has 0 bridgehead atoms. The van der Waals surface area contributed by atoms with E-state index in [4.69, 9.17) is 4.74 Å². The summed E-state index contributed by atoms with van der Waals surface area (Å²) in [4.78, 5) is 49.3. The minimum absolute atomic E-state index is 0.115. The Labute approximate surface area is 253 Å². The summed E-state index contributed by atoms with van der Waals surface area (Å²) in [7, 11) is 0. The van der Waals surface area contributed by atoms with Crippen molar-refractivity contribution in [2.75, 3.05) is 29.9 Å². The number of rotatable bonds is 6. The molecule has 3 aliphatic rings. The van der Waals surface area contributed by atoms with Gasteiger partial charge >= 0.3 is 6.03 Å². The molecule has 2 unspecified atom stereocenters. The number of nitrogens with one attached hydrogen (secondary N) is 3. The number of carbonyl (C=O) groups is 3. The number of hydrogen-bond acceptors (Lipinski definition) is 7. The molecular weight excluding hydrogens is 564 g/mol. The number of carbonyl (C=O) groups excluding carboxylic acids is 3. The number of hydrogen-bond donors (Lipinski definition) is 3. The summed E-state index contributed by atoms with van der Waals surface area (Å²) in [6, 6.07) is 16.3. The lowest BCUT2D eigenvalue weighted by atomic mass is 10.0. The first-order valence-electron chi connectivity index (χ1n) is 14.7. The van der Waals surface area contributed by atoms with Crippen molar-refractivity contribution < 1.29 is 19.1 Å². The summed E-state index contributed by atoms with van der Waals surface area (Å²) in [5.74, 6) is 1.25. The third kappa shape index (κ3) is 5.19. The molecule has 4 aromatic rings. The van der Waals surface area contributed by atoms with Crippen molar-refractivity contribution in [1.29, 1.82) is 0 Å². The first-order chi connectivity index (χ1) is 21.0. The molecule has 7 rings (SSSR count). The predicted molar refractivity (Wildman–Crippen MR) is 167 cm³/mol. The molecule has 4 amide bonds. The van der Waals surface area contributed by atoms with Crippen LogP contribution in [0.1, 0.15) is 40.9 Å². The Morgan fingerprint density at radius 2 is 1.91 bits per heavy atom. The molecule has 0 saturated carbocycles. The van der Waals surface area contributed by atoms with Crippen molar-refractivity contribution in [3.63, 3.8) is 0 Å². The van der Waals surface area contributed by atoms with Gasteiger partial charge in [0.25, 0.3) is 5.91 Å². The highest BCUT2D eigenvalue weighted by Gasteiger charge is 2.35. The molecule has 2 fully saturated rings. The van der Waals surface area contributed by atoms with E-state index < -0.39 is 0 Å². The molecule has 3 aliphatic heterocycles. The van der Waals surface area contributed by atoms with Crippen LogP contribution in [0.4, 0.5) is 21.9 Å². The summed E-state index contributed by atoms with van der Waals surface area (Å²) in [6.07, 6.45) is 5.14. The standard InChI is InChI=1S/C32H32N6O4S/c1-19-17-22(42-21-8-3-2-4-9-21)11-12-24(19)38-25-13-15-34-30-26(25)27(36-32(38)41)28(43-30)29(39)35-20-7-6-16-37(18-20)31(40)23-10-5-14-33-23/h2-4,8-9,11-13,15,17,20,23,33H,5-7,10,14,16,18H2,1H3,(H,35,39)(H,36,41). The highest BCUT2D eigenvalue weighted by atomic mass is 32.1. The van der Waals surface area contributed by atoms with Gasteiger partial charge in [0, 0.05) is 25.3 Å². The van der Waals surface area contributed by atoms with Crippen LogP contribution in [0.25, 0.3) is 10.2 Å². The third-order valence-corrected chi connectivity index (χ3v) is 9.36. The Kier molecular flexibility index (Phi) is 7.20. The van der Waals surface area contributed by atoms with E-state index in [0.717, 1.165) is 48.9 Å². The average molecular weight is 597 g/mol. The third-order valence-electron chi connectivity index (χ3n) is 8.27. The maximum Gasteiger partial charge on any atom is 0.331 e. The van der Waals surface area contributed by atoms with Gasteiger partial charge in [-0.3, -0.25) is 14.5 Å². The second kappa shape index (κ2) is 11.3. The van der Waals surface area contributed by atoms with Gasteiger partial charge in [0.2, 0.25) is 5.91 Å². The van der Waals surface area contributed by atoms with Crippen LogP contribution >= 0.6 is 11.3 Å². The van der Waals surface area contributed by atoms with Crippen LogP contribution in [0.3, 0.4) is 0 Å². The summed E-state index contributed by atoms with van der Waals surface area (Å²) >= 11 is 1.26. The van der Waals surface area contributed by atoms with Gasteiger partial charge in [0.1, 0.15) is 21.2 Å². The Hall–Kier alpha value is -4.48. The zero-order valence-corrected chi connectivity index (χ0v) is 24.6. The Bertz CT molecular complexity index is 1720. The smallest absolute Gasteiger partial charge is 0.331 e. The van der Waals surface area contributed by atoms with Crippen LogP contribution in [0, 0.1) is 6.92 Å². The number of anilines is 3. The SMILES string of the molecule is Cc1cc(Oc2ccccc2)ccc1N1C(=O)Nc2c(C(=O)NC3CCCN(C(=O)C4CCCN4)C3)sc3nccc1c23. The van der Waals surface area contributed by atoms with Crippen LogP contribution < -0.4 is 25.6 Å². The van der Waals surface area contributed by atoms with Crippen molar-refractivity contribution >= 4 is 56.5 Å². The molecule has 2 atom stereocenters. The van der Waals surface area contributed by atoms with Gasteiger partial charge in [0.05, 0.1) is 28.5 Å². The largest absolute Gasteiger partial charge is 0.457 e. The van der Waals surface area contributed by atoms with Crippen molar-refractivity contribution in [3.8, 4) is 11.5 Å². The zero-order valence-electron chi connectivity index (χ0n) is 23.8. The number of pyridine rings is 1. The molecule has 0 spiro atoms. The zero-order chi connectivity index (χ0) is 29.5. The fourth-order valence-corrected chi connectivity index (χ4v) is 7.23. The first kappa shape index (κ1) is 27.4. The van der Waals surface area contributed by atoms with Crippen molar-refractivity contribution in [1.82, 2.24) is 20.5 Å². The molecule has 11 heteroatoms. The van der Waals surface area contributed by atoms with Gasteiger partial charge in [-0.15, -0.1) is 11.3 Å². The Morgan fingerprint density at radius 3 is 2.70 bits per heavy atom. The summed E-state index contributed by atoms with van der Waals surface area (Å²) in [5.41, 5.74) is 2.70. The fourth-order valence-electron chi connectivity index (χ4n) is 6.21. The number of nitrogens with zero attached hydrogens (tertiary/aromatic N) is 3. The summed E-state index contributed by atoms with van der Waals surface area (Å²) < 4.78 is 5.98.